The van der Waals surface area contributed by atoms with Crippen molar-refractivity contribution in [3.05, 3.63) is 58.8 Å². The quantitative estimate of drug-likeness (QED) is 0.586. The molecule has 1 aliphatic carbocycles. The molecule has 1 aromatic heterocycles. The number of hydrogen-bond acceptors (Lipinski definition) is 4. The van der Waals surface area contributed by atoms with E-state index in [1.54, 1.807) is 11.5 Å². The van der Waals surface area contributed by atoms with Gasteiger partial charge in [-0.2, -0.15) is 0 Å². The summed E-state index contributed by atoms with van der Waals surface area (Å²) >= 11 is 0. The minimum atomic E-state index is -0.543. The van der Waals surface area contributed by atoms with Crippen molar-refractivity contribution < 1.29 is 10.0 Å². The Labute approximate surface area is 135 Å². The molecule has 1 aromatic carbocycles. The highest BCUT2D eigenvalue weighted by atomic mass is 16.5. The van der Waals surface area contributed by atoms with Gasteiger partial charge in [0.25, 0.3) is 5.91 Å². The molecule has 0 saturated heterocycles. The lowest BCUT2D eigenvalue weighted by Crippen LogP contribution is -2.22. The minimum absolute atomic E-state index is 0.0502. The maximum atomic E-state index is 11.5. The number of hydrogen-bond donors (Lipinski definition) is 3. The van der Waals surface area contributed by atoms with Crippen LogP contribution in [0, 0.1) is 6.92 Å². The first-order chi connectivity index (χ1) is 11.1. The second kappa shape index (κ2) is 6.01. The number of carbonyl (C=O) groups excluding carboxylic acids is 1. The van der Waals surface area contributed by atoms with Gasteiger partial charge in [0.1, 0.15) is 5.82 Å². The average Bonchev–Trinajstić information content (AvgIpc) is 3.35. The number of aromatic nitrogens is 1. The highest BCUT2D eigenvalue weighted by Gasteiger charge is 2.44. The van der Waals surface area contributed by atoms with Crippen molar-refractivity contribution >= 4 is 11.7 Å². The molecule has 2 aromatic rings. The molecule has 1 amide bonds. The van der Waals surface area contributed by atoms with E-state index >= 15 is 0 Å². The van der Waals surface area contributed by atoms with Crippen LogP contribution in [0.4, 0.5) is 5.82 Å². The summed E-state index contributed by atoms with van der Waals surface area (Å²) in [4.78, 5) is 15.9. The van der Waals surface area contributed by atoms with E-state index in [9.17, 15) is 4.79 Å². The van der Waals surface area contributed by atoms with Crippen molar-refractivity contribution in [1.82, 2.24) is 10.5 Å². The Hall–Kier alpha value is -2.40. The van der Waals surface area contributed by atoms with E-state index in [1.807, 2.05) is 6.92 Å². The summed E-state index contributed by atoms with van der Waals surface area (Å²) in [5.74, 6) is 0.262. The molecule has 3 rings (SSSR count). The molecule has 1 saturated carbocycles. The first-order valence-corrected chi connectivity index (χ1v) is 7.86. The van der Waals surface area contributed by atoms with Crippen LogP contribution in [0.25, 0.3) is 0 Å². The molecule has 5 nitrogen and oxygen atoms in total. The van der Waals surface area contributed by atoms with E-state index in [-0.39, 0.29) is 5.54 Å². The maximum Gasteiger partial charge on any atom is 0.276 e. The lowest BCUT2D eigenvalue weighted by Gasteiger charge is -2.21. The van der Waals surface area contributed by atoms with Gasteiger partial charge in [0.2, 0.25) is 0 Å². The van der Waals surface area contributed by atoms with Crippen LogP contribution in [-0.4, -0.2) is 16.1 Å². The molecule has 0 radical (unpaired) electrons. The number of aryl methyl sites for hydroxylation is 2. The Kier molecular flexibility index (Phi) is 4.05. The van der Waals surface area contributed by atoms with Crippen molar-refractivity contribution in [2.45, 2.75) is 38.6 Å². The first kappa shape index (κ1) is 15.5. The van der Waals surface area contributed by atoms with Gasteiger partial charge >= 0.3 is 0 Å². The Bertz CT molecular complexity index is 722. The molecule has 0 spiro atoms. The number of anilines is 1. The SMILES string of the molecule is CCc1cc(C(=O)NO)cnc1NC1(c2ccc(C)cc2)CC1. The Morgan fingerprint density at radius 2 is 2.00 bits per heavy atom. The molecule has 120 valence electrons. The van der Waals surface area contributed by atoms with Crippen LogP contribution in [0.2, 0.25) is 0 Å². The molecule has 23 heavy (non-hydrogen) atoms. The molecule has 5 heteroatoms. The molecule has 0 aliphatic heterocycles. The topological polar surface area (TPSA) is 74.2 Å². The van der Waals surface area contributed by atoms with E-state index in [4.69, 9.17) is 5.21 Å². The van der Waals surface area contributed by atoms with Crippen LogP contribution in [-0.2, 0) is 12.0 Å². The number of nitrogens with zero attached hydrogens (tertiary/aromatic N) is 1. The fraction of sp³-hybridized carbons (Fsp3) is 0.333. The van der Waals surface area contributed by atoms with Crippen LogP contribution < -0.4 is 10.8 Å². The smallest absolute Gasteiger partial charge is 0.276 e. The number of rotatable bonds is 5. The average molecular weight is 311 g/mol. The van der Waals surface area contributed by atoms with Crippen LogP contribution >= 0.6 is 0 Å². The molecular weight excluding hydrogens is 290 g/mol. The standard InChI is InChI=1S/C18H21N3O2/c1-3-13-10-14(17(22)21-23)11-19-16(13)20-18(8-9-18)15-6-4-12(2)5-7-15/h4-7,10-11,23H,3,8-9H2,1-2H3,(H,19,20)(H,21,22). The lowest BCUT2D eigenvalue weighted by molar-refractivity contribution is 0.0706. The van der Waals surface area contributed by atoms with Gasteiger partial charge in [0.15, 0.2) is 0 Å². The van der Waals surface area contributed by atoms with Gasteiger partial charge in [-0.15, -0.1) is 0 Å². The number of carbonyl (C=O) groups is 1. The zero-order valence-corrected chi connectivity index (χ0v) is 13.4. The summed E-state index contributed by atoms with van der Waals surface area (Å²) in [5, 5.41) is 12.3. The summed E-state index contributed by atoms with van der Waals surface area (Å²) in [7, 11) is 0. The molecule has 1 fully saturated rings. The highest BCUT2D eigenvalue weighted by Crippen LogP contribution is 2.48. The summed E-state index contributed by atoms with van der Waals surface area (Å²) in [6.45, 7) is 4.10. The summed E-state index contributed by atoms with van der Waals surface area (Å²) in [6.07, 6.45) is 4.38. The summed E-state index contributed by atoms with van der Waals surface area (Å²) in [5.41, 5.74) is 5.43. The molecule has 0 atom stereocenters. The maximum absolute atomic E-state index is 11.5. The van der Waals surface area contributed by atoms with Gasteiger partial charge in [-0.05, 0) is 43.4 Å². The van der Waals surface area contributed by atoms with Crippen molar-refractivity contribution in [1.29, 1.82) is 0 Å². The fourth-order valence-corrected chi connectivity index (χ4v) is 2.79. The summed E-state index contributed by atoms with van der Waals surface area (Å²) < 4.78 is 0. The van der Waals surface area contributed by atoms with E-state index in [2.05, 4.69) is 41.5 Å². The van der Waals surface area contributed by atoms with Gasteiger partial charge < -0.3 is 5.32 Å². The number of hydroxylamine groups is 1. The van der Waals surface area contributed by atoms with E-state index in [1.165, 1.54) is 17.3 Å². The van der Waals surface area contributed by atoms with Crippen molar-refractivity contribution in [2.75, 3.05) is 5.32 Å². The molecular formula is C18H21N3O2. The number of pyridine rings is 1. The van der Waals surface area contributed by atoms with Crippen molar-refractivity contribution in [2.24, 2.45) is 0 Å². The van der Waals surface area contributed by atoms with E-state index in [0.29, 0.717) is 5.56 Å². The minimum Gasteiger partial charge on any atom is -0.360 e. The summed E-state index contributed by atoms with van der Waals surface area (Å²) in [6, 6.07) is 10.3. The third-order valence-electron chi connectivity index (χ3n) is 4.42. The third kappa shape index (κ3) is 3.05. The van der Waals surface area contributed by atoms with Gasteiger partial charge in [0, 0.05) is 6.20 Å². The van der Waals surface area contributed by atoms with Gasteiger partial charge in [-0.3, -0.25) is 10.0 Å². The lowest BCUT2D eigenvalue weighted by atomic mass is 10.0. The third-order valence-corrected chi connectivity index (χ3v) is 4.42. The predicted octanol–water partition coefficient (Wildman–Crippen LogP) is 3.17. The Balaban J connectivity index is 1.87. The number of amides is 1. The largest absolute Gasteiger partial charge is 0.360 e. The molecule has 1 aliphatic rings. The zero-order valence-electron chi connectivity index (χ0n) is 13.4. The fourth-order valence-electron chi connectivity index (χ4n) is 2.79. The van der Waals surface area contributed by atoms with Crippen molar-refractivity contribution in [3.8, 4) is 0 Å². The van der Waals surface area contributed by atoms with Crippen LogP contribution in [0.5, 0.6) is 0 Å². The molecule has 3 N–H and O–H groups in total. The van der Waals surface area contributed by atoms with E-state index in [0.717, 1.165) is 30.6 Å². The first-order valence-electron chi connectivity index (χ1n) is 7.86. The molecule has 0 bridgehead atoms. The van der Waals surface area contributed by atoms with Crippen LogP contribution in [0.15, 0.2) is 36.5 Å². The van der Waals surface area contributed by atoms with Gasteiger partial charge in [-0.25, -0.2) is 10.5 Å². The second-order valence-corrected chi connectivity index (χ2v) is 6.10. The zero-order chi connectivity index (χ0) is 16.4. The predicted molar refractivity (Wildman–Crippen MR) is 88.6 cm³/mol. The normalized spacial score (nSPS) is 15.1. The highest BCUT2D eigenvalue weighted by molar-refractivity contribution is 5.93. The molecule has 1 heterocycles. The number of benzene rings is 1. The monoisotopic (exact) mass is 311 g/mol. The van der Waals surface area contributed by atoms with Crippen LogP contribution in [0.3, 0.4) is 0 Å². The van der Waals surface area contributed by atoms with E-state index < -0.39 is 5.91 Å². The van der Waals surface area contributed by atoms with Gasteiger partial charge in [-0.1, -0.05) is 36.8 Å². The Morgan fingerprint density at radius 3 is 2.57 bits per heavy atom. The van der Waals surface area contributed by atoms with Gasteiger partial charge in [0.05, 0.1) is 11.1 Å². The second-order valence-electron chi connectivity index (χ2n) is 6.10. The Morgan fingerprint density at radius 1 is 1.30 bits per heavy atom. The van der Waals surface area contributed by atoms with Crippen molar-refractivity contribution in [3.63, 3.8) is 0 Å². The number of nitrogens with one attached hydrogen (secondary N) is 2. The van der Waals surface area contributed by atoms with Crippen LogP contribution in [0.1, 0.15) is 46.8 Å². The molecule has 0 unspecified atom stereocenters.